The molecular formula is C10H6O16S5. The first kappa shape index (κ1) is 23.6. The maximum atomic E-state index is 12.3. The second-order valence-electron chi connectivity index (χ2n) is 5.50. The van der Waals surface area contributed by atoms with Crippen LogP contribution in [0, 0.1) is 0 Å². The summed E-state index contributed by atoms with van der Waals surface area (Å²) in [7, 11) is -27.5. The van der Waals surface area contributed by atoms with Crippen molar-refractivity contribution in [3.05, 3.63) is 18.2 Å². The third kappa shape index (κ3) is 4.44. The highest BCUT2D eigenvalue weighted by atomic mass is 32.3. The lowest BCUT2D eigenvalue weighted by molar-refractivity contribution is 0.360. The van der Waals surface area contributed by atoms with Crippen molar-refractivity contribution in [3.8, 4) is 11.5 Å². The van der Waals surface area contributed by atoms with Gasteiger partial charge in [-0.1, -0.05) is 6.07 Å². The van der Waals surface area contributed by atoms with Gasteiger partial charge in [-0.15, -0.1) is 3.63 Å². The second kappa shape index (κ2) is 6.69. The van der Waals surface area contributed by atoms with Crippen LogP contribution in [0.2, 0.25) is 0 Å². The van der Waals surface area contributed by atoms with Crippen molar-refractivity contribution in [1.29, 1.82) is 0 Å². The maximum absolute atomic E-state index is 12.3. The molecular weight excluding hydrogens is 536 g/mol. The van der Waals surface area contributed by atoms with Crippen LogP contribution in [0.25, 0.3) is 10.8 Å². The Morgan fingerprint density at radius 1 is 0.839 bits per heavy atom. The van der Waals surface area contributed by atoms with Crippen molar-refractivity contribution < 1.29 is 67.7 Å². The molecule has 2 aromatic rings. The van der Waals surface area contributed by atoms with Crippen LogP contribution in [-0.2, 0) is 54.8 Å². The first-order chi connectivity index (χ1) is 13.7. The Morgan fingerprint density at radius 3 is 1.90 bits per heavy atom. The van der Waals surface area contributed by atoms with Gasteiger partial charge < -0.3 is 8.37 Å². The highest BCUT2D eigenvalue weighted by molar-refractivity contribution is 7.98. The molecule has 0 amide bonds. The molecule has 0 fully saturated rings. The molecule has 0 aromatic heterocycles. The minimum Gasteiger partial charge on any atom is -0.359 e. The number of rotatable bonds is 4. The van der Waals surface area contributed by atoms with Gasteiger partial charge in [0, 0.05) is 10.8 Å². The van der Waals surface area contributed by atoms with Crippen LogP contribution in [0.5, 0.6) is 11.5 Å². The molecule has 21 heteroatoms. The normalized spacial score (nSPS) is 18.2. The summed E-state index contributed by atoms with van der Waals surface area (Å²) in [6, 6.07) is 1.42. The zero-order valence-corrected chi connectivity index (χ0v) is 18.0. The predicted octanol–water partition coefficient (Wildman–Crippen LogP) is -1.14. The molecule has 1 heterocycles. The average molecular weight is 542 g/mol. The van der Waals surface area contributed by atoms with Crippen LogP contribution in [0.1, 0.15) is 0 Å². The van der Waals surface area contributed by atoms with Gasteiger partial charge in [0.1, 0.15) is 4.90 Å². The maximum Gasteiger partial charge on any atom is 0.464 e. The minimum atomic E-state index is -5.81. The fourth-order valence-corrected chi connectivity index (χ4v) is 6.85. The number of hydrogen-bond acceptors (Lipinski definition) is 13. The molecule has 0 saturated carbocycles. The van der Waals surface area contributed by atoms with Gasteiger partial charge in [0.25, 0.3) is 10.1 Å². The third-order valence-corrected chi connectivity index (χ3v) is 8.22. The smallest absolute Gasteiger partial charge is 0.359 e. The Balaban J connectivity index is 2.75. The second-order valence-corrected chi connectivity index (χ2v) is 12.1. The summed E-state index contributed by atoms with van der Waals surface area (Å²) in [5, 5.41) is -1.91. The summed E-state index contributed by atoms with van der Waals surface area (Å²) in [5.41, 5.74) is 0. The topological polar surface area (TPSA) is 259 Å². The van der Waals surface area contributed by atoms with Crippen LogP contribution < -0.4 is 8.37 Å². The van der Waals surface area contributed by atoms with Crippen molar-refractivity contribution in [3.63, 3.8) is 0 Å². The first-order valence-corrected chi connectivity index (χ1v) is 13.9. The molecule has 0 saturated heterocycles. The van der Waals surface area contributed by atoms with E-state index in [9.17, 15) is 46.6 Å². The first-order valence-electron chi connectivity index (χ1n) is 6.89. The Labute approximate surface area is 173 Å². The van der Waals surface area contributed by atoms with Crippen LogP contribution in [-0.4, -0.2) is 55.7 Å². The summed E-state index contributed by atoms with van der Waals surface area (Å²) in [6.07, 6.45) is 0. The van der Waals surface area contributed by atoms with Gasteiger partial charge in [0.15, 0.2) is 16.4 Å². The van der Waals surface area contributed by atoms with E-state index in [-0.39, 0.29) is 0 Å². The van der Waals surface area contributed by atoms with Gasteiger partial charge in [-0.05, 0) is 12.1 Å². The molecule has 172 valence electrons. The monoisotopic (exact) mass is 542 g/mol. The van der Waals surface area contributed by atoms with Crippen LogP contribution >= 0.6 is 0 Å². The summed E-state index contributed by atoms with van der Waals surface area (Å²) < 4.78 is 156. The third-order valence-electron chi connectivity index (χ3n) is 3.45. The number of fused-ring (bicyclic) bond motifs is 3. The highest BCUT2D eigenvalue weighted by Crippen LogP contribution is 2.49. The molecule has 1 aliphatic heterocycles. The van der Waals surface area contributed by atoms with Crippen molar-refractivity contribution in [1.82, 2.24) is 0 Å². The van der Waals surface area contributed by atoms with Crippen molar-refractivity contribution in [2.75, 3.05) is 0 Å². The SMILES string of the molecule is O=S(=O)(O)Oc1c(S(=O)(=O)O)c2c(c3ccc(S(=O)(=O)O)cc13)S(=O)(=O)OS(=O)(=O)O2. The molecule has 0 aliphatic carbocycles. The van der Waals surface area contributed by atoms with E-state index >= 15 is 0 Å². The Bertz CT molecular complexity index is 1680. The quantitative estimate of drug-likeness (QED) is 0.385. The highest BCUT2D eigenvalue weighted by Gasteiger charge is 2.45. The van der Waals surface area contributed by atoms with Gasteiger partial charge in [-0.25, -0.2) is 0 Å². The number of benzene rings is 2. The molecule has 3 rings (SSSR count). The lowest BCUT2D eigenvalue weighted by Crippen LogP contribution is -2.27. The predicted molar refractivity (Wildman–Crippen MR) is 93.6 cm³/mol. The summed E-state index contributed by atoms with van der Waals surface area (Å²) in [6.45, 7) is 0. The van der Waals surface area contributed by atoms with Gasteiger partial charge in [-0.3, -0.25) is 13.7 Å². The molecule has 0 radical (unpaired) electrons. The lowest BCUT2D eigenvalue weighted by Gasteiger charge is -2.22. The van der Waals surface area contributed by atoms with E-state index in [1.165, 1.54) is 0 Å². The Morgan fingerprint density at radius 2 is 1.42 bits per heavy atom. The molecule has 31 heavy (non-hydrogen) atoms. The van der Waals surface area contributed by atoms with E-state index in [1.807, 2.05) is 0 Å². The fourth-order valence-electron chi connectivity index (χ4n) is 2.53. The molecule has 2 aromatic carbocycles. The Kier molecular flexibility index (Phi) is 5.08. The molecule has 0 atom stereocenters. The van der Waals surface area contributed by atoms with Gasteiger partial charge >= 0.3 is 41.0 Å². The standard InChI is InChI=1S/C10H6O16S5/c11-27(12,13)4-1-2-5-6(3-4)7(24-30(19,20)21)10(28(14,15)16)8-9(5)29(17,18)26-31(22,23)25-8/h1-3H,(H,11,12,13)(H,14,15,16)(H,19,20,21). The molecule has 0 unspecified atom stereocenters. The van der Waals surface area contributed by atoms with Crippen LogP contribution in [0.15, 0.2) is 32.9 Å². The van der Waals surface area contributed by atoms with Gasteiger partial charge in [0.05, 0.1) is 4.90 Å². The van der Waals surface area contributed by atoms with Crippen molar-refractivity contribution >= 4 is 61.9 Å². The van der Waals surface area contributed by atoms with E-state index in [0.29, 0.717) is 18.2 Å². The zero-order valence-electron chi connectivity index (χ0n) is 13.9. The fraction of sp³-hybridized carbons (Fsp3) is 0. The largest absolute Gasteiger partial charge is 0.464 e. The summed E-state index contributed by atoms with van der Waals surface area (Å²) >= 11 is 0. The van der Waals surface area contributed by atoms with Crippen molar-refractivity contribution in [2.45, 2.75) is 14.7 Å². The Hall–Kier alpha value is -2.11. The van der Waals surface area contributed by atoms with E-state index < -0.39 is 88.1 Å². The van der Waals surface area contributed by atoms with E-state index in [4.69, 9.17) is 9.11 Å². The summed E-state index contributed by atoms with van der Waals surface area (Å²) in [5.74, 6) is -3.35. The lowest BCUT2D eigenvalue weighted by atomic mass is 10.1. The van der Waals surface area contributed by atoms with E-state index in [1.54, 1.807) is 0 Å². The number of hydrogen-bond donors (Lipinski definition) is 3. The van der Waals surface area contributed by atoms with E-state index in [2.05, 4.69) is 12.0 Å². The van der Waals surface area contributed by atoms with E-state index in [0.717, 1.165) is 0 Å². The zero-order chi connectivity index (χ0) is 23.8. The van der Waals surface area contributed by atoms with Crippen molar-refractivity contribution in [2.24, 2.45) is 0 Å². The van der Waals surface area contributed by atoms with Gasteiger partial charge in [-0.2, -0.15) is 42.1 Å². The molecule has 1 aliphatic rings. The van der Waals surface area contributed by atoms with Gasteiger partial charge in [0.2, 0.25) is 0 Å². The molecule has 0 bridgehead atoms. The average Bonchev–Trinajstić information content (AvgIpc) is 2.48. The minimum absolute atomic E-state index is 0.304. The van der Waals surface area contributed by atoms with Crippen LogP contribution in [0.3, 0.4) is 0 Å². The van der Waals surface area contributed by atoms with Crippen LogP contribution in [0.4, 0.5) is 0 Å². The summed E-state index contributed by atoms with van der Waals surface area (Å²) in [4.78, 5) is -4.38. The molecule has 16 nitrogen and oxygen atoms in total. The molecule has 3 N–H and O–H groups in total. The molecule has 0 spiro atoms.